The molecule has 1 N–H and O–H groups in total. The Bertz CT molecular complexity index is 1280. The highest BCUT2D eigenvalue weighted by Crippen LogP contribution is 2.37. The van der Waals surface area contributed by atoms with Crippen molar-refractivity contribution in [1.82, 2.24) is 30.2 Å². The molecule has 0 radical (unpaired) electrons. The predicted molar refractivity (Wildman–Crippen MR) is 116 cm³/mol. The highest BCUT2D eigenvalue weighted by Gasteiger charge is 2.31. The van der Waals surface area contributed by atoms with Gasteiger partial charge in [-0.25, -0.2) is 9.67 Å². The monoisotopic (exact) mass is 436 g/mol. The van der Waals surface area contributed by atoms with Crippen molar-refractivity contribution in [2.75, 3.05) is 26.7 Å². The van der Waals surface area contributed by atoms with Crippen LogP contribution >= 0.6 is 11.3 Å². The van der Waals surface area contributed by atoms with E-state index in [2.05, 4.69) is 20.6 Å². The summed E-state index contributed by atoms with van der Waals surface area (Å²) in [6, 6.07) is 11.3. The van der Waals surface area contributed by atoms with E-state index in [1.165, 1.54) is 11.3 Å². The first kappa shape index (κ1) is 19.6. The van der Waals surface area contributed by atoms with Crippen LogP contribution in [0.1, 0.15) is 21.3 Å². The lowest BCUT2D eigenvalue weighted by atomic mass is 10.0. The summed E-state index contributed by atoms with van der Waals surface area (Å²) in [5.41, 5.74) is 2.36. The summed E-state index contributed by atoms with van der Waals surface area (Å²) in [6.45, 7) is 1.33. The summed E-state index contributed by atoms with van der Waals surface area (Å²) in [5.74, 6) is -0.248. The Balaban J connectivity index is 1.42. The van der Waals surface area contributed by atoms with E-state index in [9.17, 15) is 9.59 Å². The van der Waals surface area contributed by atoms with Gasteiger partial charge in [-0.15, -0.1) is 16.4 Å². The number of hydrogen-bond donors (Lipinski definition) is 1. The van der Waals surface area contributed by atoms with Gasteiger partial charge in [-0.1, -0.05) is 23.4 Å². The van der Waals surface area contributed by atoms with Gasteiger partial charge >= 0.3 is 0 Å². The van der Waals surface area contributed by atoms with Gasteiger partial charge in [-0.05, 0) is 18.2 Å². The number of carbonyl (C=O) groups excluding carboxylic acids is 2. The number of carbonyl (C=O) groups is 2. The quantitative estimate of drug-likeness (QED) is 0.525. The molecule has 0 spiro atoms. The molecule has 4 heterocycles. The molecule has 0 aliphatic carbocycles. The molecule has 1 aromatic carbocycles. The zero-order valence-electron chi connectivity index (χ0n) is 16.8. The number of para-hydroxylation sites is 1. The van der Waals surface area contributed by atoms with E-state index < -0.39 is 6.10 Å². The molecule has 31 heavy (non-hydrogen) atoms. The molecule has 1 aliphatic heterocycles. The van der Waals surface area contributed by atoms with Crippen LogP contribution in [0, 0.1) is 0 Å². The Morgan fingerprint density at radius 1 is 1.26 bits per heavy atom. The van der Waals surface area contributed by atoms with Crippen LogP contribution in [0.4, 0.5) is 0 Å². The Labute approximate surface area is 181 Å². The lowest BCUT2D eigenvalue weighted by Gasteiger charge is -2.33. The molecule has 1 atom stereocenters. The van der Waals surface area contributed by atoms with Crippen molar-refractivity contribution in [3.05, 3.63) is 53.0 Å². The fraction of sp³-hybridized carbons (Fsp3) is 0.286. The van der Waals surface area contributed by atoms with Crippen LogP contribution in [-0.2, 0) is 16.1 Å². The molecule has 4 aromatic rings. The van der Waals surface area contributed by atoms with Crippen LogP contribution < -0.4 is 5.32 Å². The van der Waals surface area contributed by atoms with Crippen LogP contribution in [0.3, 0.4) is 0 Å². The molecular formula is C21H20N6O3S. The second-order valence-electron chi connectivity index (χ2n) is 7.22. The SMILES string of the molecule is CNC(=O)c1sc2ncccc2c1C1CN(C(=O)Cn2nnc3ccccc32)CCO1. The average Bonchev–Trinajstić information content (AvgIpc) is 3.40. The number of benzene rings is 1. The van der Waals surface area contributed by atoms with E-state index in [1.54, 1.807) is 22.8 Å². The third kappa shape index (κ3) is 3.53. The van der Waals surface area contributed by atoms with Gasteiger partial charge in [0.2, 0.25) is 5.91 Å². The standard InChI is InChI=1S/C21H20N6O3S/c1-22-20(29)19-18(13-5-4-8-23-21(13)31-19)16-11-26(9-10-30-16)17(28)12-27-15-7-3-2-6-14(15)24-25-27/h2-8,16H,9-12H2,1H3,(H,22,29). The number of hydrogen-bond acceptors (Lipinski definition) is 7. The summed E-state index contributed by atoms with van der Waals surface area (Å²) in [5, 5.41) is 11.8. The van der Waals surface area contributed by atoms with E-state index >= 15 is 0 Å². The maximum absolute atomic E-state index is 13.1. The Hall–Kier alpha value is -3.37. The lowest BCUT2D eigenvalue weighted by Crippen LogP contribution is -2.44. The molecule has 0 saturated carbocycles. The zero-order valence-corrected chi connectivity index (χ0v) is 17.6. The molecule has 3 aromatic heterocycles. The lowest BCUT2D eigenvalue weighted by molar-refractivity contribution is -0.139. The van der Waals surface area contributed by atoms with E-state index in [0.29, 0.717) is 24.6 Å². The van der Waals surface area contributed by atoms with Crippen molar-refractivity contribution < 1.29 is 14.3 Å². The van der Waals surface area contributed by atoms with Crippen molar-refractivity contribution >= 4 is 44.4 Å². The molecule has 1 aliphatic rings. The summed E-state index contributed by atoms with van der Waals surface area (Å²) < 4.78 is 7.63. The number of nitrogens with one attached hydrogen (secondary N) is 1. The van der Waals surface area contributed by atoms with Gasteiger partial charge in [-0.2, -0.15) is 0 Å². The summed E-state index contributed by atoms with van der Waals surface area (Å²) in [4.78, 5) is 33.1. The average molecular weight is 436 g/mol. The normalized spacial score (nSPS) is 16.7. The fourth-order valence-electron chi connectivity index (χ4n) is 3.87. The number of aromatic nitrogens is 4. The first-order chi connectivity index (χ1) is 15.2. The van der Waals surface area contributed by atoms with Crippen molar-refractivity contribution in [1.29, 1.82) is 0 Å². The molecule has 1 fully saturated rings. The minimum absolute atomic E-state index is 0.0666. The van der Waals surface area contributed by atoms with E-state index in [1.807, 2.05) is 36.4 Å². The maximum Gasteiger partial charge on any atom is 0.261 e. The molecule has 9 nitrogen and oxygen atoms in total. The van der Waals surface area contributed by atoms with Crippen molar-refractivity contribution in [3.8, 4) is 0 Å². The Kier molecular flexibility index (Phi) is 5.08. The van der Waals surface area contributed by atoms with E-state index in [4.69, 9.17) is 4.74 Å². The predicted octanol–water partition coefficient (Wildman–Crippen LogP) is 2.00. The highest BCUT2D eigenvalue weighted by molar-refractivity contribution is 7.20. The summed E-state index contributed by atoms with van der Waals surface area (Å²) in [6.07, 6.45) is 1.30. The number of amides is 2. The first-order valence-electron chi connectivity index (χ1n) is 9.93. The summed E-state index contributed by atoms with van der Waals surface area (Å²) >= 11 is 1.34. The minimum Gasteiger partial charge on any atom is -0.370 e. The first-order valence-corrected chi connectivity index (χ1v) is 10.7. The smallest absolute Gasteiger partial charge is 0.261 e. The van der Waals surface area contributed by atoms with Crippen molar-refractivity contribution in [2.45, 2.75) is 12.6 Å². The molecule has 1 unspecified atom stereocenters. The van der Waals surface area contributed by atoms with E-state index in [-0.39, 0.29) is 18.4 Å². The third-order valence-corrected chi connectivity index (χ3v) is 6.51. The fourth-order valence-corrected chi connectivity index (χ4v) is 5.01. The number of ether oxygens (including phenoxy) is 1. The number of thiophene rings is 1. The molecule has 5 rings (SSSR count). The van der Waals surface area contributed by atoms with Gasteiger partial charge in [0, 0.05) is 30.7 Å². The number of nitrogens with zero attached hydrogens (tertiary/aromatic N) is 5. The van der Waals surface area contributed by atoms with E-state index in [0.717, 1.165) is 26.8 Å². The van der Waals surface area contributed by atoms with Gasteiger partial charge in [-0.3, -0.25) is 9.59 Å². The second kappa shape index (κ2) is 8.05. The van der Waals surface area contributed by atoms with Gasteiger partial charge in [0.05, 0.1) is 18.7 Å². The maximum atomic E-state index is 13.1. The molecule has 10 heteroatoms. The van der Waals surface area contributed by atoms with Crippen LogP contribution in [0.2, 0.25) is 0 Å². The van der Waals surface area contributed by atoms with Gasteiger partial charge < -0.3 is 15.0 Å². The minimum atomic E-state index is -0.407. The Morgan fingerprint density at radius 3 is 3.00 bits per heavy atom. The molecule has 1 saturated heterocycles. The van der Waals surface area contributed by atoms with Crippen LogP contribution in [0.5, 0.6) is 0 Å². The number of fused-ring (bicyclic) bond motifs is 2. The number of morpholine rings is 1. The molecule has 158 valence electrons. The third-order valence-electron chi connectivity index (χ3n) is 5.38. The number of pyridine rings is 1. The molecule has 2 amide bonds. The largest absolute Gasteiger partial charge is 0.370 e. The zero-order chi connectivity index (χ0) is 21.4. The van der Waals surface area contributed by atoms with Crippen LogP contribution in [0.25, 0.3) is 21.3 Å². The topological polar surface area (TPSA) is 102 Å². The molecular weight excluding hydrogens is 416 g/mol. The Morgan fingerprint density at radius 2 is 2.13 bits per heavy atom. The summed E-state index contributed by atoms with van der Waals surface area (Å²) in [7, 11) is 1.60. The molecule has 0 bridgehead atoms. The highest BCUT2D eigenvalue weighted by atomic mass is 32.1. The van der Waals surface area contributed by atoms with Crippen LogP contribution in [0.15, 0.2) is 42.6 Å². The van der Waals surface area contributed by atoms with Crippen molar-refractivity contribution in [3.63, 3.8) is 0 Å². The van der Waals surface area contributed by atoms with Gasteiger partial charge in [0.25, 0.3) is 5.91 Å². The second-order valence-corrected chi connectivity index (χ2v) is 8.21. The van der Waals surface area contributed by atoms with Crippen LogP contribution in [-0.4, -0.2) is 63.4 Å². The van der Waals surface area contributed by atoms with Gasteiger partial charge in [0.1, 0.15) is 27.9 Å². The van der Waals surface area contributed by atoms with Crippen molar-refractivity contribution in [2.24, 2.45) is 0 Å². The van der Waals surface area contributed by atoms with Gasteiger partial charge in [0.15, 0.2) is 0 Å². The number of rotatable bonds is 4.